The van der Waals surface area contributed by atoms with Crippen LogP contribution in [0.2, 0.25) is 0 Å². The van der Waals surface area contributed by atoms with Gasteiger partial charge in [0, 0.05) is 33.4 Å². The number of aromatic nitrogens is 4. The van der Waals surface area contributed by atoms with Crippen molar-refractivity contribution >= 4 is 0 Å². The molecule has 2 aliphatic carbocycles. The van der Waals surface area contributed by atoms with E-state index < -0.39 is 5.41 Å². The lowest BCUT2D eigenvalue weighted by atomic mass is 9.70. The van der Waals surface area contributed by atoms with Crippen molar-refractivity contribution in [1.29, 1.82) is 0 Å². The van der Waals surface area contributed by atoms with Crippen molar-refractivity contribution in [3.63, 3.8) is 0 Å². The highest BCUT2D eigenvalue weighted by molar-refractivity contribution is 5.97. The van der Waals surface area contributed by atoms with Crippen LogP contribution in [-0.2, 0) is 5.41 Å². The summed E-state index contributed by atoms with van der Waals surface area (Å²) in [6, 6.07) is 77.3. The van der Waals surface area contributed by atoms with Crippen molar-refractivity contribution in [2.45, 2.75) is 5.41 Å². The van der Waals surface area contributed by atoms with Crippen molar-refractivity contribution in [1.82, 2.24) is 19.9 Å². The average molecular weight is 777 g/mol. The van der Waals surface area contributed by atoms with Gasteiger partial charge in [-0.05, 0) is 68.8 Å². The molecule has 0 aliphatic heterocycles. The summed E-state index contributed by atoms with van der Waals surface area (Å²) in [4.78, 5) is 20.8. The molecule has 2 aromatic heterocycles. The van der Waals surface area contributed by atoms with Gasteiger partial charge in [0.05, 0.1) is 28.2 Å². The first-order valence-electron chi connectivity index (χ1n) is 20.7. The Morgan fingerprint density at radius 3 is 0.934 bits per heavy atom. The Hall–Kier alpha value is -8.08. The Labute approximate surface area is 354 Å². The second-order valence-electron chi connectivity index (χ2n) is 15.8. The molecular formula is C57H36N4. The molecule has 0 saturated carbocycles. The third-order valence-electron chi connectivity index (χ3n) is 12.3. The molecule has 8 aromatic carbocycles. The molecule has 0 saturated heterocycles. The van der Waals surface area contributed by atoms with Crippen LogP contribution in [0.15, 0.2) is 218 Å². The molecule has 12 rings (SSSR count). The lowest BCUT2D eigenvalue weighted by molar-refractivity contribution is 0.794. The molecule has 284 valence electrons. The van der Waals surface area contributed by atoms with E-state index in [4.69, 9.17) is 19.9 Å². The Morgan fingerprint density at radius 1 is 0.230 bits per heavy atom. The minimum Gasteiger partial charge on any atom is -0.228 e. The molecule has 0 N–H and O–H groups in total. The van der Waals surface area contributed by atoms with Gasteiger partial charge in [0.25, 0.3) is 0 Å². The lowest BCUT2D eigenvalue weighted by Crippen LogP contribution is -2.26. The summed E-state index contributed by atoms with van der Waals surface area (Å²) in [5.74, 6) is 1.40. The Kier molecular flexibility index (Phi) is 8.04. The molecule has 2 aliphatic rings. The second kappa shape index (κ2) is 14.0. The largest absolute Gasteiger partial charge is 0.228 e. The maximum atomic E-state index is 5.27. The summed E-state index contributed by atoms with van der Waals surface area (Å²) in [5, 5.41) is 0. The predicted octanol–water partition coefficient (Wildman–Crippen LogP) is 13.6. The van der Waals surface area contributed by atoms with Crippen LogP contribution in [0.25, 0.3) is 90.1 Å². The maximum Gasteiger partial charge on any atom is 0.160 e. The van der Waals surface area contributed by atoms with Crippen LogP contribution in [0.5, 0.6) is 0 Å². The summed E-state index contributed by atoms with van der Waals surface area (Å²) < 4.78 is 0. The van der Waals surface area contributed by atoms with Gasteiger partial charge in [-0.2, -0.15) is 0 Å². The molecule has 0 fully saturated rings. The van der Waals surface area contributed by atoms with E-state index in [-0.39, 0.29) is 0 Å². The van der Waals surface area contributed by atoms with Crippen LogP contribution in [-0.4, -0.2) is 19.9 Å². The monoisotopic (exact) mass is 776 g/mol. The van der Waals surface area contributed by atoms with Gasteiger partial charge in [0.1, 0.15) is 0 Å². The fourth-order valence-corrected chi connectivity index (χ4v) is 9.59. The van der Waals surface area contributed by atoms with Gasteiger partial charge in [-0.3, -0.25) is 0 Å². The topological polar surface area (TPSA) is 51.6 Å². The molecule has 2 heterocycles. The number of fused-ring (bicyclic) bond motifs is 10. The highest BCUT2D eigenvalue weighted by Crippen LogP contribution is 2.63. The molecule has 4 heteroatoms. The van der Waals surface area contributed by atoms with Crippen LogP contribution in [0.4, 0.5) is 0 Å². The van der Waals surface area contributed by atoms with Crippen LogP contribution < -0.4 is 0 Å². The molecule has 0 atom stereocenters. The third kappa shape index (κ3) is 5.61. The zero-order valence-electron chi connectivity index (χ0n) is 33.1. The molecule has 61 heavy (non-hydrogen) atoms. The Bertz CT molecular complexity index is 2950. The molecule has 0 unspecified atom stereocenters. The summed E-state index contributed by atoms with van der Waals surface area (Å²) in [6.45, 7) is 0. The van der Waals surface area contributed by atoms with E-state index in [9.17, 15) is 0 Å². The van der Waals surface area contributed by atoms with E-state index in [1.807, 2.05) is 48.5 Å². The third-order valence-corrected chi connectivity index (χ3v) is 12.3. The van der Waals surface area contributed by atoms with Crippen molar-refractivity contribution in [2.75, 3.05) is 0 Å². The van der Waals surface area contributed by atoms with Gasteiger partial charge in [-0.15, -0.1) is 0 Å². The Balaban J connectivity index is 1.10. The smallest absolute Gasteiger partial charge is 0.160 e. The molecule has 0 bridgehead atoms. The summed E-state index contributed by atoms with van der Waals surface area (Å²) in [5.41, 5.74) is 19.1. The van der Waals surface area contributed by atoms with Crippen molar-refractivity contribution in [2.24, 2.45) is 0 Å². The van der Waals surface area contributed by atoms with E-state index in [0.717, 1.165) is 56.2 Å². The molecule has 1 spiro atoms. The highest BCUT2D eigenvalue weighted by Gasteiger charge is 2.51. The molecule has 0 amide bonds. The lowest BCUT2D eigenvalue weighted by Gasteiger charge is -2.31. The predicted molar refractivity (Wildman–Crippen MR) is 247 cm³/mol. The zero-order valence-corrected chi connectivity index (χ0v) is 33.1. The van der Waals surface area contributed by atoms with Gasteiger partial charge in [0.2, 0.25) is 0 Å². The standard InChI is InChI=1S/C57H36N4/c1-5-17-37(18-6-1)51-35-53(60-55(58-51)39-21-9-3-10-22-39)41-29-31-45-46-32-30-42(54-36-52(38-19-7-2-8-20-38)59-56(61-54)40-23-11-4-12-24-40)34-50(46)57(49(45)33-41)47-27-15-13-25-43(47)44-26-14-16-28-48(44)57/h1-36H. The van der Waals surface area contributed by atoms with Crippen LogP contribution in [0.3, 0.4) is 0 Å². The molecular weight excluding hydrogens is 741 g/mol. The minimum absolute atomic E-state index is 0.584. The number of rotatable bonds is 6. The van der Waals surface area contributed by atoms with Crippen molar-refractivity contribution < 1.29 is 0 Å². The van der Waals surface area contributed by atoms with Gasteiger partial charge in [-0.25, -0.2) is 19.9 Å². The number of nitrogens with zero attached hydrogens (tertiary/aromatic N) is 4. The quantitative estimate of drug-likeness (QED) is 0.169. The van der Waals surface area contributed by atoms with E-state index in [2.05, 4.69) is 170 Å². The van der Waals surface area contributed by atoms with E-state index in [0.29, 0.717) is 11.6 Å². The fourth-order valence-electron chi connectivity index (χ4n) is 9.59. The van der Waals surface area contributed by atoms with Crippen molar-refractivity contribution in [3.8, 4) is 90.1 Å². The summed E-state index contributed by atoms with van der Waals surface area (Å²) in [7, 11) is 0. The van der Waals surface area contributed by atoms with Crippen LogP contribution >= 0.6 is 0 Å². The first-order valence-corrected chi connectivity index (χ1v) is 20.7. The first-order chi connectivity index (χ1) is 30.2. The van der Waals surface area contributed by atoms with E-state index >= 15 is 0 Å². The maximum absolute atomic E-state index is 5.27. The number of benzene rings is 8. The first kappa shape index (κ1) is 34.9. The van der Waals surface area contributed by atoms with E-state index in [1.165, 1.54) is 44.5 Å². The van der Waals surface area contributed by atoms with Gasteiger partial charge < -0.3 is 0 Å². The zero-order chi connectivity index (χ0) is 40.3. The molecule has 0 radical (unpaired) electrons. The van der Waals surface area contributed by atoms with Gasteiger partial charge >= 0.3 is 0 Å². The summed E-state index contributed by atoms with van der Waals surface area (Å²) in [6.07, 6.45) is 0. The van der Waals surface area contributed by atoms with Gasteiger partial charge in [0.15, 0.2) is 11.6 Å². The molecule has 4 nitrogen and oxygen atoms in total. The van der Waals surface area contributed by atoms with Gasteiger partial charge in [-0.1, -0.05) is 194 Å². The average Bonchev–Trinajstić information content (AvgIpc) is 3.81. The van der Waals surface area contributed by atoms with Crippen LogP contribution in [0.1, 0.15) is 22.3 Å². The number of hydrogen-bond donors (Lipinski definition) is 0. The minimum atomic E-state index is -0.584. The summed E-state index contributed by atoms with van der Waals surface area (Å²) >= 11 is 0. The Morgan fingerprint density at radius 2 is 0.541 bits per heavy atom. The molecule has 10 aromatic rings. The normalized spacial score (nSPS) is 12.7. The van der Waals surface area contributed by atoms with E-state index in [1.54, 1.807) is 0 Å². The van der Waals surface area contributed by atoms with Crippen LogP contribution in [0, 0.1) is 0 Å². The fraction of sp³-hybridized carbons (Fsp3) is 0.0175. The number of hydrogen-bond acceptors (Lipinski definition) is 4. The highest BCUT2D eigenvalue weighted by atomic mass is 14.9. The second-order valence-corrected chi connectivity index (χ2v) is 15.8. The van der Waals surface area contributed by atoms with Crippen molar-refractivity contribution in [3.05, 3.63) is 241 Å². The SMILES string of the molecule is c1ccc(-c2cc(-c3ccc4c(c3)C3(c5ccccc5-c5ccccc53)c3cc(-c5cc(-c6ccccc6)nc(-c6ccccc6)n5)ccc3-4)nc(-c3ccccc3)n2)cc1.